The molecule has 0 bridgehead atoms. The molecule has 0 fully saturated rings. The molecule has 1 atom stereocenters. The van der Waals surface area contributed by atoms with Gasteiger partial charge in [-0.1, -0.05) is 206 Å². The summed E-state index contributed by atoms with van der Waals surface area (Å²) in [6.07, 6.45) is 46.5. The van der Waals surface area contributed by atoms with Gasteiger partial charge in [-0.15, -0.1) is 0 Å². The number of hydrogen-bond donors (Lipinski definition) is 2. The lowest BCUT2D eigenvalue weighted by Crippen LogP contribution is -2.29. The number of unbranched alkanes of at least 4 members (excludes halogenated alkanes) is 31. The molecule has 9 heteroatoms. The van der Waals surface area contributed by atoms with Crippen LogP contribution in [-0.4, -0.2) is 41.0 Å². The summed E-state index contributed by atoms with van der Waals surface area (Å²) in [4.78, 5) is 42.9. The fourth-order valence-electron chi connectivity index (χ4n) is 6.84. The number of phosphoric ester groups is 1. The Morgan fingerprint density at radius 3 is 1.15 bits per heavy atom. The van der Waals surface area contributed by atoms with Gasteiger partial charge < -0.3 is 19.3 Å². The summed E-state index contributed by atoms with van der Waals surface area (Å²) in [6.45, 7) is 3.71. The van der Waals surface area contributed by atoms with Crippen molar-refractivity contribution in [3.05, 3.63) is 12.2 Å². The maximum absolute atomic E-state index is 12.4. The number of carbonyl (C=O) groups excluding carboxylic acids is 2. The topological polar surface area (TPSA) is 119 Å². The van der Waals surface area contributed by atoms with E-state index < -0.39 is 32.5 Å². The summed E-state index contributed by atoms with van der Waals surface area (Å²) in [5.41, 5.74) is 0. The van der Waals surface area contributed by atoms with Crippen molar-refractivity contribution in [1.29, 1.82) is 0 Å². The number of ether oxygens (including phenoxy) is 2. The lowest BCUT2D eigenvalue weighted by Gasteiger charge is -2.18. The Labute approximate surface area is 333 Å². The van der Waals surface area contributed by atoms with Gasteiger partial charge in [-0.3, -0.25) is 14.1 Å². The third-order valence-corrected chi connectivity index (χ3v) is 10.8. The van der Waals surface area contributed by atoms with Gasteiger partial charge in [0.15, 0.2) is 6.10 Å². The van der Waals surface area contributed by atoms with Crippen LogP contribution >= 0.6 is 7.82 Å². The predicted octanol–water partition coefficient (Wildman–Crippen LogP) is 14.2. The molecule has 2 N–H and O–H groups in total. The molecule has 0 amide bonds. The molecule has 0 aliphatic carbocycles. The van der Waals surface area contributed by atoms with Gasteiger partial charge in [0.2, 0.25) is 0 Å². The Kier molecular flexibility index (Phi) is 40.5. The zero-order valence-electron chi connectivity index (χ0n) is 35.4. The van der Waals surface area contributed by atoms with Gasteiger partial charge in [-0.2, -0.15) is 0 Å². The molecule has 8 nitrogen and oxygen atoms in total. The van der Waals surface area contributed by atoms with Crippen LogP contribution in [0, 0.1) is 0 Å². The van der Waals surface area contributed by atoms with Gasteiger partial charge >= 0.3 is 19.8 Å². The van der Waals surface area contributed by atoms with Crippen molar-refractivity contribution in [2.75, 3.05) is 13.2 Å². The molecule has 0 saturated carbocycles. The molecule has 0 saturated heterocycles. The molecule has 0 rings (SSSR count). The number of carbonyl (C=O) groups is 2. The van der Waals surface area contributed by atoms with Crippen LogP contribution in [0.2, 0.25) is 0 Å². The molecule has 0 spiro atoms. The van der Waals surface area contributed by atoms with Gasteiger partial charge in [0.25, 0.3) is 0 Å². The van der Waals surface area contributed by atoms with E-state index in [9.17, 15) is 14.2 Å². The molecule has 0 unspecified atom stereocenters. The summed E-state index contributed by atoms with van der Waals surface area (Å²) >= 11 is 0. The van der Waals surface area contributed by atoms with E-state index in [2.05, 4.69) is 30.5 Å². The molecule has 0 aromatic heterocycles. The summed E-state index contributed by atoms with van der Waals surface area (Å²) in [7, 11) is -4.75. The molecule has 0 aliphatic heterocycles. The van der Waals surface area contributed by atoms with Crippen LogP contribution in [0.15, 0.2) is 12.2 Å². The maximum atomic E-state index is 12.4. The second-order valence-corrected chi connectivity index (χ2v) is 17.0. The highest BCUT2D eigenvalue weighted by Crippen LogP contribution is 2.36. The van der Waals surface area contributed by atoms with Crippen LogP contribution in [0.1, 0.15) is 245 Å². The monoisotopic (exact) mass is 787 g/mol. The Morgan fingerprint density at radius 2 is 0.778 bits per heavy atom. The summed E-state index contributed by atoms with van der Waals surface area (Å²) < 4.78 is 26.4. The second kappa shape index (κ2) is 41.4. The summed E-state index contributed by atoms with van der Waals surface area (Å²) in [6, 6.07) is 0. The van der Waals surface area contributed by atoms with E-state index in [0.29, 0.717) is 6.42 Å². The number of allylic oxidation sites excluding steroid dienone is 2. The molecule has 0 aromatic rings. The van der Waals surface area contributed by atoms with Gasteiger partial charge in [0, 0.05) is 12.8 Å². The number of esters is 2. The van der Waals surface area contributed by atoms with Gasteiger partial charge in [0.05, 0.1) is 6.61 Å². The van der Waals surface area contributed by atoms with Crippen molar-refractivity contribution in [2.24, 2.45) is 0 Å². The smallest absolute Gasteiger partial charge is 0.462 e. The van der Waals surface area contributed by atoms with E-state index in [-0.39, 0.29) is 19.4 Å². The fourth-order valence-corrected chi connectivity index (χ4v) is 7.20. The number of hydrogen-bond acceptors (Lipinski definition) is 6. The Hall–Kier alpha value is -1.21. The third-order valence-electron chi connectivity index (χ3n) is 10.3. The third kappa shape index (κ3) is 43.5. The quantitative estimate of drug-likeness (QED) is 0.0271. The van der Waals surface area contributed by atoms with Crippen LogP contribution in [-0.2, 0) is 28.2 Å². The van der Waals surface area contributed by atoms with Crippen LogP contribution in [0.3, 0.4) is 0 Å². The van der Waals surface area contributed by atoms with Crippen molar-refractivity contribution in [3.8, 4) is 0 Å². The molecular weight excluding hydrogens is 699 g/mol. The molecule has 320 valence electrons. The van der Waals surface area contributed by atoms with Crippen molar-refractivity contribution < 1.29 is 37.9 Å². The molecule has 0 radical (unpaired) electrons. The zero-order valence-corrected chi connectivity index (χ0v) is 36.3. The van der Waals surface area contributed by atoms with Crippen molar-refractivity contribution in [3.63, 3.8) is 0 Å². The van der Waals surface area contributed by atoms with Crippen molar-refractivity contribution in [2.45, 2.75) is 251 Å². The van der Waals surface area contributed by atoms with Gasteiger partial charge in [0.1, 0.15) is 6.61 Å². The molecule has 0 aliphatic rings. The fraction of sp³-hybridized carbons (Fsp3) is 0.911. The maximum Gasteiger partial charge on any atom is 0.469 e. The molecular formula is C45H87O8P. The molecule has 54 heavy (non-hydrogen) atoms. The average Bonchev–Trinajstić information content (AvgIpc) is 3.14. The van der Waals surface area contributed by atoms with Crippen molar-refractivity contribution in [1.82, 2.24) is 0 Å². The van der Waals surface area contributed by atoms with Crippen LogP contribution in [0.5, 0.6) is 0 Å². The number of phosphoric acid groups is 1. The minimum absolute atomic E-state index is 0.211. The standard InChI is InChI=1S/C45H87O8P/c1-3-5-7-9-11-13-15-17-19-20-21-22-23-24-26-27-29-31-33-35-37-39-44(46)51-41-43(42-52-54(48,49)50)53-45(47)40-38-36-34-32-30-28-25-18-16-14-12-10-8-6-4-2/h14,16,43H,3-13,15,17-42H2,1-2H3,(H2,48,49,50)/b16-14-/t43-/m1/s1. The van der Waals surface area contributed by atoms with Crippen LogP contribution in [0.25, 0.3) is 0 Å². The highest BCUT2D eigenvalue weighted by atomic mass is 31.2. The summed E-state index contributed by atoms with van der Waals surface area (Å²) in [5.74, 6) is -0.875. The largest absolute Gasteiger partial charge is 0.469 e. The van der Waals surface area contributed by atoms with E-state index in [1.165, 1.54) is 167 Å². The van der Waals surface area contributed by atoms with E-state index >= 15 is 0 Å². The average molecular weight is 787 g/mol. The first kappa shape index (κ1) is 52.8. The predicted molar refractivity (Wildman–Crippen MR) is 226 cm³/mol. The molecule has 0 heterocycles. The summed E-state index contributed by atoms with van der Waals surface area (Å²) in [5, 5.41) is 0. The van der Waals surface area contributed by atoms with Crippen molar-refractivity contribution >= 4 is 19.8 Å². The lowest BCUT2D eigenvalue weighted by molar-refractivity contribution is -0.161. The SMILES string of the molecule is CCCCCC/C=C\CCCCCCCCCC(=O)O[C@H](COC(=O)CCCCCCCCCCCCCCCCCCCCCCC)COP(=O)(O)O. The Morgan fingerprint density at radius 1 is 0.463 bits per heavy atom. The van der Waals surface area contributed by atoms with E-state index in [1.54, 1.807) is 0 Å². The lowest BCUT2D eigenvalue weighted by atomic mass is 10.0. The second-order valence-electron chi connectivity index (χ2n) is 15.7. The van der Waals surface area contributed by atoms with E-state index in [4.69, 9.17) is 19.3 Å². The van der Waals surface area contributed by atoms with E-state index in [0.717, 1.165) is 44.9 Å². The normalized spacial score (nSPS) is 12.4. The number of rotatable bonds is 43. The van der Waals surface area contributed by atoms with Crippen LogP contribution in [0.4, 0.5) is 0 Å². The minimum atomic E-state index is -4.75. The molecule has 0 aromatic carbocycles. The highest BCUT2D eigenvalue weighted by molar-refractivity contribution is 7.46. The first-order valence-electron chi connectivity index (χ1n) is 23.0. The first-order valence-corrected chi connectivity index (χ1v) is 24.5. The Balaban J connectivity index is 3.81. The van der Waals surface area contributed by atoms with Gasteiger partial charge in [-0.05, 0) is 38.5 Å². The highest BCUT2D eigenvalue weighted by Gasteiger charge is 2.23. The minimum Gasteiger partial charge on any atom is -0.462 e. The van der Waals surface area contributed by atoms with Crippen LogP contribution < -0.4 is 0 Å². The van der Waals surface area contributed by atoms with E-state index in [1.807, 2.05) is 0 Å². The Bertz CT molecular complexity index is 889. The zero-order chi connectivity index (χ0) is 39.6. The first-order chi connectivity index (χ1) is 26.3. The van der Waals surface area contributed by atoms with Gasteiger partial charge in [-0.25, -0.2) is 4.57 Å².